The van der Waals surface area contributed by atoms with Crippen molar-refractivity contribution in [1.82, 2.24) is 0 Å². The van der Waals surface area contributed by atoms with E-state index in [0.29, 0.717) is 5.92 Å². The van der Waals surface area contributed by atoms with Crippen LogP contribution in [0.3, 0.4) is 0 Å². The molecule has 0 saturated heterocycles. The molecular weight excluding hydrogens is 192 g/mol. The van der Waals surface area contributed by atoms with E-state index >= 15 is 0 Å². The summed E-state index contributed by atoms with van der Waals surface area (Å²) in [4.78, 5) is 0. The average molecular weight is 212 g/mol. The molecule has 0 nitrogen and oxygen atoms in total. The molecule has 84 valence electrons. The topological polar surface area (TPSA) is 0 Å². The van der Waals surface area contributed by atoms with Crippen LogP contribution in [0.4, 0.5) is 0 Å². The lowest BCUT2D eigenvalue weighted by atomic mass is 9.84. The van der Waals surface area contributed by atoms with Crippen molar-refractivity contribution in [2.75, 3.05) is 0 Å². The Morgan fingerprint density at radius 1 is 1.06 bits per heavy atom. The van der Waals surface area contributed by atoms with Gasteiger partial charge in [0, 0.05) is 5.92 Å². The number of rotatable bonds is 1. The highest BCUT2D eigenvalue weighted by Gasteiger charge is 2.22. The Labute approximate surface area is 98.4 Å². The molecule has 0 heterocycles. The zero-order valence-electron chi connectivity index (χ0n) is 10.3. The first kappa shape index (κ1) is 10.1. The third-order valence-corrected chi connectivity index (χ3v) is 4.11. The molecule has 3 rings (SSSR count). The van der Waals surface area contributed by atoms with Crippen LogP contribution in [-0.2, 0) is 12.8 Å². The van der Waals surface area contributed by atoms with E-state index in [4.69, 9.17) is 0 Å². The maximum atomic E-state index is 2.49. The van der Waals surface area contributed by atoms with E-state index in [0.717, 1.165) is 5.92 Å². The minimum absolute atomic E-state index is 0.655. The van der Waals surface area contributed by atoms with Crippen LogP contribution >= 0.6 is 0 Å². The molecule has 0 fully saturated rings. The minimum Gasteiger partial charge on any atom is -0.0761 e. The van der Waals surface area contributed by atoms with Gasteiger partial charge in [-0.1, -0.05) is 38.1 Å². The van der Waals surface area contributed by atoms with Crippen molar-refractivity contribution in [3.63, 3.8) is 0 Å². The number of hydrogen-bond donors (Lipinski definition) is 0. The summed E-state index contributed by atoms with van der Waals surface area (Å²) >= 11 is 0. The van der Waals surface area contributed by atoms with Crippen molar-refractivity contribution in [3.05, 3.63) is 40.5 Å². The Morgan fingerprint density at radius 2 is 1.75 bits per heavy atom. The van der Waals surface area contributed by atoms with Gasteiger partial charge in [0.25, 0.3) is 0 Å². The van der Waals surface area contributed by atoms with Gasteiger partial charge in [-0.05, 0) is 53.9 Å². The van der Waals surface area contributed by atoms with Gasteiger partial charge in [-0.25, -0.2) is 0 Å². The van der Waals surface area contributed by atoms with E-state index in [2.05, 4.69) is 38.1 Å². The monoisotopic (exact) mass is 212 g/mol. The summed E-state index contributed by atoms with van der Waals surface area (Å²) in [5.41, 5.74) is 6.30. The summed E-state index contributed by atoms with van der Waals surface area (Å²) in [5.74, 6) is 1.38. The van der Waals surface area contributed by atoms with Crippen molar-refractivity contribution in [2.24, 2.45) is 5.92 Å². The summed E-state index contributed by atoms with van der Waals surface area (Å²) < 4.78 is 0. The molecule has 16 heavy (non-hydrogen) atoms. The van der Waals surface area contributed by atoms with Gasteiger partial charge in [0.2, 0.25) is 0 Å². The molecule has 0 heteroatoms. The van der Waals surface area contributed by atoms with Crippen LogP contribution in [-0.4, -0.2) is 0 Å². The summed E-state index contributed by atoms with van der Waals surface area (Å²) in [5, 5.41) is 0. The molecule has 0 spiro atoms. The number of benzene rings is 1. The number of aryl methyl sites for hydroxylation is 2. The fourth-order valence-corrected chi connectivity index (χ4v) is 3.15. The fourth-order valence-electron chi connectivity index (χ4n) is 3.15. The first-order valence-corrected chi connectivity index (χ1v) is 6.59. The van der Waals surface area contributed by atoms with E-state index < -0.39 is 0 Å². The van der Waals surface area contributed by atoms with E-state index in [1.807, 2.05) is 0 Å². The second-order valence-electron chi connectivity index (χ2n) is 5.59. The highest BCUT2D eigenvalue weighted by Crippen LogP contribution is 2.38. The van der Waals surface area contributed by atoms with Gasteiger partial charge in [-0.2, -0.15) is 0 Å². The van der Waals surface area contributed by atoms with Crippen LogP contribution in [0.5, 0.6) is 0 Å². The van der Waals surface area contributed by atoms with E-state index in [-0.39, 0.29) is 0 Å². The molecule has 1 atom stereocenters. The van der Waals surface area contributed by atoms with E-state index in [1.54, 1.807) is 16.7 Å². The van der Waals surface area contributed by atoms with Crippen molar-refractivity contribution < 1.29 is 0 Å². The molecule has 2 aliphatic rings. The van der Waals surface area contributed by atoms with Gasteiger partial charge in [0.1, 0.15) is 0 Å². The number of hydrogen-bond acceptors (Lipinski definition) is 0. The zero-order valence-corrected chi connectivity index (χ0v) is 10.3. The summed E-state index contributed by atoms with van der Waals surface area (Å²) in [6, 6.07) is 4.94. The van der Waals surface area contributed by atoms with Gasteiger partial charge in [-0.15, -0.1) is 0 Å². The third kappa shape index (κ3) is 1.52. The Bertz CT molecular complexity index is 438. The molecule has 0 radical (unpaired) electrons. The van der Waals surface area contributed by atoms with Gasteiger partial charge < -0.3 is 0 Å². The molecule has 0 aliphatic heterocycles. The van der Waals surface area contributed by atoms with Crippen LogP contribution in [0, 0.1) is 5.92 Å². The number of allylic oxidation sites excluding steroid dienone is 1. The molecule has 0 amide bonds. The predicted octanol–water partition coefficient (Wildman–Crippen LogP) is 4.33. The third-order valence-electron chi connectivity index (χ3n) is 4.11. The lowest BCUT2D eigenvalue weighted by Gasteiger charge is -2.21. The van der Waals surface area contributed by atoms with Crippen molar-refractivity contribution in [2.45, 2.75) is 45.4 Å². The standard InChI is InChI=1S/C16H20/c1-11(2)15-8-7-14-9-12-5-3-4-6-13(12)10-16(14)15/h7-11,15H,3-6H2,1-2H3. The van der Waals surface area contributed by atoms with Crippen molar-refractivity contribution in [3.8, 4) is 0 Å². The van der Waals surface area contributed by atoms with E-state index in [9.17, 15) is 0 Å². The first-order chi connectivity index (χ1) is 7.75. The lowest BCUT2D eigenvalue weighted by Crippen LogP contribution is -2.07. The SMILES string of the molecule is CC(C)C1C=Cc2cc3c(cc21)CCCC3. The molecule has 1 aromatic carbocycles. The molecular formula is C16H20. The fraction of sp³-hybridized carbons (Fsp3) is 0.500. The molecule has 0 N–H and O–H groups in total. The van der Waals surface area contributed by atoms with Crippen LogP contribution in [0.1, 0.15) is 54.9 Å². The lowest BCUT2D eigenvalue weighted by molar-refractivity contribution is 0.582. The molecule has 2 aliphatic carbocycles. The molecule has 1 aromatic rings. The van der Waals surface area contributed by atoms with Crippen molar-refractivity contribution >= 4 is 6.08 Å². The molecule has 1 unspecified atom stereocenters. The van der Waals surface area contributed by atoms with Crippen LogP contribution < -0.4 is 0 Å². The Morgan fingerprint density at radius 3 is 2.44 bits per heavy atom. The molecule has 0 aromatic heterocycles. The highest BCUT2D eigenvalue weighted by molar-refractivity contribution is 5.64. The van der Waals surface area contributed by atoms with Crippen LogP contribution in [0.25, 0.3) is 6.08 Å². The predicted molar refractivity (Wildman–Crippen MR) is 69.7 cm³/mol. The largest absolute Gasteiger partial charge is 0.0761 e. The molecule has 0 saturated carbocycles. The van der Waals surface area contributed by atoms with Gasteiger partial charge in [-0.3, -0.25) is 0 Å². The van der Waals surface area contributed by atoms with Gasteiger partial charge in [0.15, 0.2) is 0 Å². The van der Waals surface area contributed by atoms with E-state index in [1.165, 1.54) is 31.2 Å². The van der Waals surface area contributed by atoms with Crippen LogP contribution in [0.15, 0.2) is 18.2 Å². The summed E-state index contributed by atoms with van der Waals surface area (Å²) in [6.45, 7) is 4.65. The first-order valence-electron chi connectivity index (χ1n) is 6.59. The summed E-state index contributed by atoms with van der Waals surface area (Å²) in [6.07, 6.45) is 10.1. The zero-order chi connectivity index (χ0) is 11.1. The quantitative estimate of drug-likeness (QED) is 0.650. The highest BCUT2D eigenvalue weighted by atomic mass is 14.3. The van der Waals surface area contributed by atoms with Gasteiger partial charge >= 0.3 is 0 Å². The van der Waals surface area contributed by atoms with Crippen molar-refractivity contribution in [1.29, 1.82) is 0 Å². The Hall–Kier alpha value is -1.04. The Balaban J connectivity index is 2.06. The smallest absolute Gasteiger partial charge is 0.00503 e. The Kier molecular flexibility index (Phi) is 2.38. The maximum absolute atomic E-state index is 2.49. The second kappa shape index (κ2) is 3.76. The number of fused-ring (bicyclic) bond motifs is 2. The normalized spacial score (nSPS) is 22.3. The minimum atomic E-state index is 0.655. The maximum Gasteiger partial charge on any atom is 0.00503 e. The average Bonchev–Trinajstić information content (AvgIpc) is 2.68. The molecule has 0 bridgehead atoms. The second-order valence-corrected chi connectivity index (χ2v) is 5.59. The summed E-state index contributed by atoms with van der Waals surface area (Å²) in [7, 11) is 0. The van der Waals surface area contributed by atoms with Crippen LogP contribution in [0.2, 0.25) is 0 Å². The van der Waals surface area contributed by atoms with Gasteiger partial charge in [0.05, 0.1) is 0 Å².